The fourth-order valence-corrected chi connectivity index (χ4v) is 3.09. The van der Waals surface area contributed by atoms with Gasteiger partial charge in [0.2, 0.25) is 5.91 Å². The number of anilines is 2. The van der Waals surface area contributed by atoms with Gasteiger partial charge in [0, 0.05) is 37.3 Å². The molecule has 1 aliphatic heterocycles. The number of benzene rings is 1. The first-order valence-electron chi connectivity index (χ1n) is 7.64. The molecule has 22 heavy (non-hydrogen) atoms. The third-order valence-corrected chi connectivity index (χ3v) is 4.40. The Labute approximate surface area is 131 Å². The van der Waals surface area contributed by atoms with E-state index in [-0.39, 0.29) is 11.6 Å². The van der Waals surface area contributed by atoms with Crippen LogP contribution < -0.4 is 11.1 Å². The van der Waals surface area contributed by atoms with Gasteiger partial charge in [-0.15, -0.1) is 0 Å². The molecule has 0 bridgehead atoms. The smallest absolute Gasteiger partial charge is 0.225 e. The summed E-state index contributed by atoms with van der Waals surface area (Å²) in [5.74, 6) is -0.658. The molecule has 1 amide bonds. The molecule has 2 rings (SSSR count). The zero-order valence-electron chi connectivity index (χ0n) is 13.5. The number of hydrogen-bond acceptors (Lipinski definition) is 4. The van der Waals surface area contributed by atoms with E-state index in [0.717, 1.165) is 13.0 Å². The Bertz CT molecular complexity index is 535. The number of rotatable bonds is 5. The van der Waals surface area contributed by atoms with Crippen LogP contribution in [0.4, 0.5) is 15.8 Å². The molecule has 0 spiro atoms. The van der Waals surface area contributed by atoms with Crippen molar-refractivity contribution in [3.63, 3.8) is 0 Å². The molecule has 0 aromatic heterocycles. The third-order valence-electron chi connectivity index (χ3n) is 4.40. The van der Waals surface area contributed by atoms with Crippen molar-refractivity contribution in [1.82, 2.24) is 9.80 Å². The number of nitrogens with one attached hydrogen (secondary N) is 1. The number of carbonyl (C=O) groups excluding carboxylic acids is 1. The number of nitrogens with zero attached hydrogens (tertiary/aromatic N) is 2. The predicted octanol–water partition coefficient (Wildman–Crippen LogP) is 1.76. The summed E-state index contributed by atoms with van der Waals surface area (Å²) in [6.07, 6.45) is 1.46. The molecule has 2 unspecified atom stereocenters. The molecule has 1 aliphatic rings. The van der Waals surface area contributed by atoms with Crippen molar-refractivity contribution < 1.29 is 9.18 Å². The van der Waals surface area contributed by atoms with E-state index >= 15 is 0 Å². The molecule has 122 valence electrons. The number of amides is 1. The van der Waals surface area contributed by atoms with Gasteiger partial charge in [-0.2, -0.15) is 0 Å². The summed E-state index contributed by atoms with van der Waals surface area (Å²) >= 11 is 0. The van der Waals surface area contributed by atoms with Crippen molar-refractivity contribution in [2.75, 3.05) is 38.2 Å². The molecule has 1 aromatic rings. The predicted molar refractivity (Wildman–Crippen MR) is 87.2 cm³/mol. The first kappa shape index (κ1) is 16.7. The van der Waals surface area contributed by atoms with Crippen LogP contribution in [0.1, 0.15) is 19.8 Å². The van der Waals surface area contributed by atoms with E-state index < -0.39 is 5.82 Å². The van der Waals surface area contributed by atoms with E-state index in [9.17, 15) is 9.18 Å². The molecular formula is C16H25FN4O. The third kappa shape index (κ3) is 3.96. The number of likely N-dealkylation sites (tertiary alicyclic amines) is 1. The maximum Gasteiger partial charge on any atom is 0.225 e. The Morgan fingerprint density at radius 3 is 2.86 bits per heavy atom. The van der Waals surface area contributed by atoms with Gasteiger partial charge in [-0.1, -0.05) is 0 Å². The van der Waals surface area contributed by atoms with Gasteiger partial charge in [-0.05, 0) is 45.6 Å². The normalized spacial score (nSPS) is 22.2. The molecule has 0 aliphatic carbocycles. The summed E-state index contributed by atoms with van der Waals surface area (Å²) < 4.78 is 13.6. The first-order chi connectivity index (χ1) is 10.4. The quantitative estimate of drug-likeness (QED) is 0.814. The number of nitrogen functional groups attached to an aromatic ring is 1. The average Bonchev–Trinajstić information content (AvgIpc) is 2.82. The Balaban J connectivity index is 1.85. The van der Waals surface area contributed by atoms with E-state index in [2.05, 4.69) is 36.1 Å². The van der Waals surface area contributed by atoms with Crippen LogP contribution in [-0.4, -0.2) is 55.0 Å². The molecular weight excluding hydrogens is 283 g/mol. The Hall–Kier alpha value is -1.66. The highest BCUT2D eigenvalue weighted by molar-refractivity contribution is 5.91. The molecule has 1 aromatic carbocycles. The van der Waals surface area contributed by atoms with Crippen molar-refractivity contribution in [3.05, 3.63) is 24.0 Å². The van der Waals surface area contributed by atoms with Crippen LogP contribution in [-0.2, 0) is 4.79 Å². The highest BCUT2D eigenvalue weighted by Gasteiger charge is 2.31. The molecule has 0 saturated carbocycles. The lowest BCUT2D eigenvalue weighted by Gasteiger charge is -2.28. The lowest BCUT2D eigenvalue weighted by atomic mass is 10.1. The lowest BCUT2D eigenvalue weighted by molar-refractivity contribution is -0.116. The molecule has 6 heteroatoms. The maximum absolute atomic E-state index is 13.6. The lowest BCUT2D eigenvalue weighted by Crippen LogP contribution is -2.40. The van der Waals surface area contributed by atoms with E-state index in [4.69, 9.17) is 5.73 Å². The van der Waals surface area contributed by atoms with Gasteiger partial charge in [0.15, 0.2) is 0 Å². The molecule has 1 fully saturated rings. The van der Waals surface area contributed by atoms with Crippen molar-refractivity contribution in [3.8, 4) is 0 Å². The summed E-state index contributed by atoms with van der Waals surface area (Å²) in [5, 5.41) is 2.59. The van der Waals surface area contributed by atoms with E-state index in [1.54, 1.807) is 0 Å². The Morgan fingerprint density at radius 1 is 1.50 bits per heavy atom. The second-order valence-electron chi connectivity index (χ2n) is 6.13. The van der Waals surface area contributed by atoms with Gasteiger partial charge in [-0.25, -0.2) is 4.39 Å². The molecule has 5 nitrogen and oxygen atoms in total. The topological polar surface area (TPSA) is 61.6 Å². The zero-order valence-corrected chi connectivity index (χ0v) is 13.5. The van der Waals surface area contributed by atoms with Crippen LogP contribution >= 0.6 is 0 Å². The first-order valence-corrected chi connectivity index (χ1v) is 7.64. The number of carbonyl (C=O) groups is 1. The van der Waals surface area contributed by atoms with Crippen molar-refractivity contribution >= 4 is 17.3 Å². The highest BCUT2D eigenvalue weighted by Crippen LogP contribution is 2.21. The second-order valence-corrected chi connectivity index (χ2v) is 6.13. The van der Waals surface area contributed by atoms with Crippen LogP contribution in [0.3, 0.4) is 0 Å². The van der Waals surface area contributed by atoms with E-state index in [1.165, 1.54) is 18.2 Å². The fourth-order valence-electron chi connectivity index (χ4n) is 3.09. The van der Waals surface area contributed by atoms with Gasteiger partial charge < -0.3 is 16.0 Å². The van der Waals surface area contributed by atoms with Gasteiger partial charge in [0.1, 0.15) is 5.82 Å². The van der Waals surface area contributed by atoms with Gasteiger partial charge in [-0.3, -0.25) is 9.69 Å². The summed E-state index contributed by atoms with van der Waals surface area (Å²) in [4.78, 5) is 16.5. The minimum atomic E-state index is -0.468. The maximum atomic E-state index is 13.6. The largest absolute Gasteiger partial charge is 0.399 e. The molecule has 1 heterocycles. The average molecular weight is 308 g/mol. The van der Waals surface area contributed by atoms with Gasteiger partial charge in [0.25, 0.3) is 0 Å². The Morgan fingerprint density at radius 2 is 2.23 bits per heavy atom. The summed E-state index contributed by atoms with van der Waals surface area (Å²) in [7, 11) is 4.17. The molecule has 1 saturated heterocycles. The molecule has 0 radical (unpaired) electrons. The van der Waals surface area contributed by atoms with Crippen molar-refractivity contribution in [2.24, 2.45) is 0 Å². The number of likely N-dealkylation sites (N-methyl/N-ethyl adjacent to an activating group) is 1. The minimum absolute atomic E-state index is 0.144. The highest BCUT2D eigenvalue weighted by atomic mass is 19.1. The van der Waals surface area contributed by atoms with Gasteiger partial charge in [0.05, 0.1) is 5.69 Å². The van der Waals surface area contributed by atoms with E-state index in [0.29, 0.717) is 30.7 Å². The standard InChI is InChI=1S/C16H25FN4O/c1-11-15(20(2)3)6-8-21(11)9-7-16(22)19-14-10-12(18)4-5-13(14)17/h4-5,10-11,15H,6-9,18H2,1-3H3,(H,19,22). The van der Waals surface area contributed by atoms with E-state index in [1.807, 2.05) is 0 Å². The zero-order chi connectivity index (χ0) is 16.3. The fraction of sp³-hybridized carbons (Fsp3) is 0.562. The van der Waals surface area contributed by atoms with Crippen LogP contribution in [0.25, 0.3) is 0 Å². The summed E-state index contributed by atoms with van der Waals surface area (Å²) in [6.45, 7) is 3.86. The number of hydrogen-bond donors (Lipinski definition) is 2. The monoisotopic (exact) mass is 308 g/mol. The summed E-state index contributed by atoms with van der Waals surface area (Å²) in [5.41, 5.74) is 6.18. The SMILES string of the molecule is CC1C(N(C)C)CCN1CCC(=O)Nc1cc(N)ccc1F. The van der Waals surface area contributed by atoms with Crippen LogP contribution in [0.5, 0.6) is 0 Å². The van der Waals surface area contributed by atoms with Crippen LogP contribution in [0.2, 0.25) is 0 Å². The number of nitrogens with two attached hydrogens (primary N) is 1. The van der Waals surface area contributed by atoms with Crippen molar-refractivity contribution in [1.29, 1.82) is 0 Å². The summed E-state index contributed by atoms with van der Waals surface area (Å²) in [6, 6.07) is 5.11. The Kier molecular flexibility index (Phi) is 5.37. The van der Waals surface area contributed by atoms with Gasteiger partial charge >= 0.3 is 0 Å². The molecule has 2 atom stereocenters. The number of halogens is 1. The molecule has 3 N–H and O–H groups in total. The van der Waals surface area contributed by atoms with Crippen LogP contribution in [0.15, 0.2) is 18.2 Å². The van der Waals surface area contributed by atoms with Crippen LogP contribution in [0, 0.1) is 5.82 Å². The second kappa shape index (κ2) is 7.07. The van der Waals surface area contributed by atoms with Crippen molar-refractivity contribution in [2.45, 2.75) is 31.8 Å². The minimum Gasteiger partial charge on any atom is -0.399 e.